The molecule has 0 aromatic heterocycles. The molecule has 0 bridgehead atoms. The molecule has 4 nitrogen and oxygen atoms in total. The van der Waals surface area contributed by atoms with E-state index in [-0.39, 0.29) is 12.5 Å². The molecular weight excluding hydrogens is 168 g/mol. The van der Waals surface area contributed by atoms with Crippen LogP contribution in [0.5, 0.6) is 0 Å². The first kappa shape index (κ1) is 9.54. The number of amides is 1. The SMILES string of the molecule is COCC(=O)Nc1ccc(N)cc1. The number of rotatable bonds is 3. The molecule has 0 heterocycles. The van der Waals surface area contributed by atoms with Crippen molar-refractivity contribution in [2.45, 2.75) is 0 Å². The Morgan fingerprint density at radius 3 is 2.62 bits per heavy atom. The molecule has 4 heteroatoms. The Morgan fingerprint density at radius 2 is 2.08 bits per heavy atom. The summed E-state index contributed by atoms with van der Waals surface area (Å²) in [5.74, 6) is -0.174. The van der Waals surface area contributed by atoms with Crippen molar-refractivity contribution in [3.05, 3.63) is 24.3 Å². The van der Waals surface area contributed by atoms with Crippen LogP contribution in [-0.2, 0) is 9.53 Å². The standard InChI is InChI=1S/C9H12N2O2/c1-13-6-9(12)11-8-4-2-7(10)3-5-8/h2-5H,6,10H2,1H3,(H,11,12). The molecule has 70 valence electrons. The van der Waals surface area contributed by atoms with E-state index in [1.807, 2.05) is 0 Å². The number of hydrogen-bond donors (Lipinski definition) is 2. The molecule has 0 unspecified atom stereocenters. The number of anilines is 2. The van der Waals surface area contributed by atoms with Crippen molar-refractivity contribution in [2.75, 3.05) is 24.8 Å². The van der Waals surface area contributed by atoms with Crippen LogP contribution in [0.15, 0.2) is 24.3 Å². The first-order valence-corrected chi connectivity index (χ1v) is 3.86. The van der Waals surface area contributed by atoms with Gasteiger partial charge in [0, 0.05) is 18.5 Å². The highest BCUT2D eigenvalue weighted by Crippen LogP contribution is 2.09. The van der Waals surface area contributed by atoms with Crippen LogP contribution in [0.1, 0.15) is 0 Å². The third-order valence-electron chi connectivity index (χ3n) is 1.47. The van der Waals surface area contributed by atoms with Crippen LogP contribution in [0.25, 0.3) is 0 Å². The zero-order chi connectivity index (χ0) is 9.68. The number of carbonyl (C=O) groups is 1. The lowest BCUT2D eigenvalue weighted by atomic mass is 10.3. The molecule has 0 radical (unpaired) electrons. The minimum absolute atomic E-state index is 0.0599. The van der Waals surface area contributed by atoms with Crippen LogP contribution in [0.3, 0.4) is 0 Å². The molecule has 0 saturated carbocycles. The normalized spacial score (nSPS) is 9.62. The summed E-state index contributed by atoms with van der Waals surface area (Å²) < 4.78 is 4.66. The minimum atomic E-state index is -0.174. The van der Waals surface area contributed by atoms with Crippen LogP contribution >= 0.6 is 0 Å². The van der Waals surface area contributed by atoms with Gasteiger partial charge in [-0.05, 0) is 24.3 Å². The molecule has 1 aromatic carbocycles. The fourth-order valence-electron chi connectivity index (χ4n) is 0.895. The quantitative estimate of drug-likeness (QED) is 0.678. The molecule has 13 heavy (non-hydrogen) atoms. The van der Waals surface area contributed by atoms with Crippen molar-refractivity contribution >= 4 is 17.3 Å². The smallest absolute Gasteiger partial charge is 0.250 e. The number of methoxy groups -OCH3 is 1. The van der Waals surface area contributed by atoms with Crippen molar-refractivity contribution in [3.63, 3.8) is 0 Å². The van der Waals surface area contributed by atoms with Crippen molar-refractivity contribution in [1.82, 2.24) is 0 Å². The number of benzene rings is 1. The molecule has 0 spiro atoms. The van der Waals surface area contributed by atoms with E-state index in [1.54, 1.807) is 24.3 Å². The van der Waals surface area contributed by atoms with Crippen molar-refractivity contribution in [1.29, 1.82) is 0 Å². The van der Waals surface area contributed by atoms with Crippen molar-refractivity contribution in [2.24, 2.45) is 0 Å². The lowest BCUT2D eigenvalue weighted by Gasteiger charge is -2.03. The van der Waals surface area contributed by atoms with Gasteiger partial charge in [-0.25, -0.2) is 0 Å². The van der Waals surface area contributed by atoms with Gasteiger partial charge < -0.3 is 15.8 Å². The van der Waals surface area contributed by atoms with Crippen molar-refractivity contribution in [3.8, 4) is 0 Å². The Morgan fingerprint density at radius 1 is 1.46 bits per heavy atom. The van der Waals surface area contributed by atoms with Crippen LogP contribution in [0.4, 0.5) is 11.4 Å². The summed E-state index contributed by atoms with van der Waals surface area (Å²) in [6.07, 6.45) is 0. The van der Waals surface area contributed by atoms with Gasteiger partial charge in [0.2, 0.25) is 5.91 Å². The van der Waals surface area contributed by atoms with Gasteiger partial charge in [-0.1, -0.05) is 0 Å². The molecule has 1 aromatic rings. The molecular formula is C9H12N2O2. The van der Waals surface area contributed by atoms with E-state index in [0.29, 0.717) is 5.69 Å². The highest BCUT2D eigenvalue weighted by Gasteiger charge is 1.99. The number of nitrogens with two attached hydrogens (primary N) is 1. The minimum Gasteiger partial charge on any atom is -0.399 e. The Balaban J connectivity index is 2.54. The van der Waals surface area contributed by atoms with E-state index in [0.717, 1.165) is 5.69 Å². The van der Waals surface area contributed by atoms with Gasteiger partial charge in [0.25, 0.3) is 0 Å². The number of nitrogen functional groups attached to an aromatic ring is 1. The van der Waals surface area contributed by atoms with Crippen LogP contribution in [0, 0.1) is 0 Å². The maximum Gasteiger partial charge on any atom is 0.250 e. The zero-order valence-electron chi connectivity index (χ0n) is 7.41. The second kappa shape index (κ2) is 4.47. The monoisotopic (exact) mass is 180 g/mol. The van der Waals surface area contributed by atoms with E-state index in [1.165, 1.54) is 7.11 Å². The predicted octanol–water partition coefficient (Wildman–Crippen LogP) is 0.854. The maximum atomic E-state index is 11.0. The lowest BCUT2D eigenvalue weighted by molar-refractivity contribution is -0.119. The summed E-state index contributed by atoms with van der Waals surface area (Å²) in [5.41, 5.74) is 6.87. The molecule has 3 N–H and O–H groups in total. The maximum absolute atomic E-state index is 11.0. The Labute approximate surface area is 76.7 Å². The average Bonchev–Trinajstić information content (AvgIpc) is 2.09. The molecule has 0 fully saturated rings. The summed E-state index contributed by atoms with van der Waals surface area (Å²) in [5, 5.41) is 2.65. The highest BCUT2D eigenvalue weighted by molar-refractivity contribution is 5.91. The van der Waals surface area contributed by atoms with E-state index in [4.69, 9.17) is 5.73 Å². The molecule has 0 aliphatic rings. The van der Waals surface area contributed by atoms with Gasteiger partial charge in [-0.3, -0.25) is 4.79 Å². The van der Waals surface area contributed by atoms with E-state index < -0.39 is 0 Å². The summed E-state index contributed by atoms with van der Waals surface area (Å²) >= 11 is 0. The number of nitrogens with one attached hydrogen (secondary N) is 1. The molecule has 1 amide bonds. The van der Waals surface area contributed by atoms with E-state index in [2.05, 4.69) is 10.1 Å². The number of hydrogen-bond acceptors (Lipinski definition) is 3. The van der Waals surface area contributed by atoms with E-state index in [9.17, 15) is 4.79 Å². The Hall–Kier alpha value is -1.55. The van der Waals surface area contributed by atoms with Crippen LogP contribution < -0.4 is 11.1 Å². The Bertz CT molecular complexity index is 282. The van der Waals surface area contributed by atoms with Gasteiger partial charge in [0.1, 0.15) is 6.61 Å². The van der Waals surface area contributed by atoms with Gasteiger partial charge in [-0.15, -0.1) is 0 Å². The summed E-state index contributed by atoms with van der Waals surface area (Å²) in [6.45, 7) is 0.0599. The number of ether oxygens (including phenoxy) is 1. The molecule has 1 rings (SSSR count). The van der Waals surface area contributed by atoms with Crippen molar-refractivity contribution < 1.29 is 9.53 Å². The molecule has 0 aliphatic carbocycles. The third kappa shape index (κ3) is 3.13. The van der Waals surface area contributed by atoms with Crippen LogP contribution in [0.2, 0.25) is 0 Å². The second-order valence-electron chi connectivity index (χ2n) is 2.60. The molecule has 0 aliphatic heterocycles. The molecule has 0 atom stereocenters. The lowest BCUT2D eigenvalue weighted by Crippen LogP contribution is -2.16. The summed E-state index contributed by atoms with van der Waals surface area (Å²) in [6, 6.07) is 6.93. The van der Waals surface area contributed by atoms with Gasteiger partial charge in [0.15, 0.2) is 0 Å². The van der Waals surface area contributed by atoms with Gasteiger partial charge in [0.05, 0.1) is 0 Å². The molecule has 0 saturated heterocycles. The third-order valence-corrected chi connectivity index (χ3v) is 1.47. The topological polar surface area (TPSA) is 64.3 Å². The first-order valence-electron chi connectivity index (χ1n) is 3.86. The van der Waals surface area contributed by atoms with Gasteiger partial charge >= 0.3 is 0 Å². The largest absolute Gasteiger partial charge is 0.399 e. The summed E-state index contributed by atoms with van der Waals surface area (Å²) in [7, 11) is 1.47. The van der Waals surface area contributed by atoms with Gasteiger partial charge in [-0.2, -0.15) is 0 Å². The second-order valence-corrected chi connectivity index (χ2v) is 2.60. The highest BCUT2D eigenvalue weighted by atomic mass is 16.5. The summed E-state index contributed by atoms with van der Waals surface area (Å²) in [4.78, 5) is 11.0. The fourth-order valence-corrected chi connectivity index (χ4v) is 0.895. The predicted molar refractivity (Wildman–Crippen MR) is 51.4 cm³/mol. The Kier molecular flexibility index (Phi) is 3.28. The van der Waals surface area contributed by atoms with Crippen LogP contribution in [-0.4, -0.2) is 19.6 Å². The zero-order valence-corrected chi connectivity index (χ0v) is 7.41. The van der Waals surface area contributed by atoms with E-state index >= 15 is 0 Å². The number of carbonyl (C=O) groups excluding carboxylic acids is 1. The average molecular weight is 180 g/mol. The first-order chi connectivity index (χ1) is 6.22. The fraction of sp³-hybridized carbons (Fsp3) is 0.222.